The first-order chi connectivity index (χ1) is 10.7. The Kier molecular flexibility index (Phi) is 4.98. The highest BCUT2D eigenvalue weighted by atomic mass is 32.2. The number of methoxy groups -OCH3 is 1. The third-order valence-corrected chi connectivity index (χ3v) is 6.14. The summed E-state index contributed by atoms with van der Waals surface area (Å²) >= 11 is 0. The van der Waals surface area contributed by atoms with Gasteiger partial charge in [0.05, 0.1) is 19.1 Å². The van der Waals surface area contributed by atoms with Gasteiger partial charge in [-0.15, -0.1) is 0 Å². The second-order valence-corrected chi connectivity index (χ2v) is 7.66. The molecule has 2 unspecified atom stereocenters. The summed E-state index contributed by atoms with van der Waals surface area (Å²) in [5, 5.41) is 18.9. The van der Waals surface area contributed by atoms with Crippen LogP contribution in [-0.4, -0.2) is 55.2 Å². The normalized spacial score (nSPS) is 22.8. The number of hydrogen-bond donors (Lipinski definition) is 2. The molecule has 2 N–H and O–H groups in total. The Morgan fingerprint density at radius 3 is 2.48 bits per heavy atom. The van der Waals surface area contributed by atoms with Crippen LogP contribution in [0.3, 0.4) is 0 Å². The average Bonchev–Trinajstić information content (AvgIpc) is 2.49. The molecule has 2 rings (SSSR count). The van der Waals surface area contributed by atoms with Crippen LogP contribution >= 0.6 is 0 Å². The fourth-order valence-electron chi connectivity index (χ4n) is 2.63. The van der Waals surface area contributed by atoms with Gasteiger partial charge in [-0.1, -0.05) is 0 Å². The van der Waals surface area contributed by atoms with Crippen molar-refractivity contribution in [2.75, 3.05) is 20.2 Å². The topological polar surface area (TPSA) is 104 Å². The van der Waals surface area contributed by atoms with Gasteiger partial charge in [-0.05, 0) is 43.5 Å². The Labute approximate surface area is 135 Å². The highest BCUT2D eigenvalue weighted by Crippen LogP contribution is 2.32. The van der Waals surface area contributed by atoms with E-state index >= 15 is 0 Å². The van der Waals surface area contributed by atoms with Crippen molar-refractivity contribution >= 4 is 16.0 Å². The van der Waals surface area contributed by atoms with E-state index in [2.05, 4.69) is 0 Å². The first-order valence-electron chi connectivity index (χ1n) is 7.24. The Bertz CT molecular complexity index is 715. The molecule has 1 aliphatic rings. The summed E-state index contributed by atoms with van der Waals surface area (Å²) in [6.45, 7) is 3.47. The van der Waals surface area contributed by atoms with Gasteiger partial charge in [-0.3, -0.25) is 4.79 Å². The highest BCUT2D eigenvalue weighted by Gasteiger charge is 2.39. The van der Waals surface area contributed by atoms with Crippen molar-refractivity contribution < 1.29 is 28.2 Å². The van der Waals surface area contributed by atoms with Gasteiger partial charge in [0, 0.05) is 13.1 Å². The van der Waals surface area contributed by atoms with E-state index in [0.717, 1.165) is 15.4 Å². The molecule has 8 heteroatoms. The zero-order valence-corrected chi connectivity index (χ0v) is 14.1. The molecule has 0 spiro atoms. The van der Waals surface area contributed by atoms with Crippen LogP contribution in [0, 0.1) is 19.8 Å². The van der Waals surface area contributed by atoms with Gasteiger partial charge in [0.2, 0.25) is 10.0 Å². The molecular formula is C15H21NO6S. The molecule has 0 saturated carbocycles. The SMILES string of the molecule is COc1cc(C)c(C)cc1S(=O)(=O)N1CCC(O)C(C(=O)O)C1. The van der Waals surface area contributed by atoms with Crippen LogP contribution < -0.4 is 4.74 Å². The van der Waals surface area contributed by atoms with E-state index in [1.165, 1.54) is 13.2 Å². The molecule has 0 amide bonds. The predicted octanol–water partition coefficient (Wildman–Crippen LogP) is 0.768. The number of nitrogens with zero attached hydrogens (tertiary/aromatic N) is 1. The number of aliphatic carboxylic acids is 1. The molecule has 0 radical (unpaired) electrons. The summed E-state index contributed by atoms with van der Waals surface area (Å²) in [5.74, 6) is -2.10. The Hall–Kier alpha value is -1.64. The van der Waals surface area contributed by atoms with Crippen molar-refractivity contribution in [1.82, 2.24) is 4.31 Å². The van der Waals surface area contributed by atoms with Crippen LogP contribution in [0.15, 0.2) is 17.0 Å². The maximum atomic E-state index is 12.9. The highest BCUT2D eigenvalue weighted by molar-refractivity contribution is 7.89. The molecule has 0 bridgehead atoms. The molecule has 1 aromatic carbocycles. The molecule has 1 saturated heterocycles. The van der Waals surface area contributed by atoms with Gasteiger partial charge in [0.15, 0.2) is 0 Å². The van der Waals surface area contributed by atoms with Crippen LogP contribution in [0.1, 0.15) is 17.5 Å². The van der Waals surface area contributed by atoms with Gasteiger partial charge in [-0.2, -0.15) is 4.31 Å². The molecule has 1 aromatic rings. The lowest BCUT2D eigenvalue weighted by Crippen LogP contribution is -2.48. The number of carboxylic acid groups (broad SMARTS) is 1. The second-order valence-electron chi connectivity index (χ2n) is 5.75. The second kappa shape index (κ2) is 6.46. The van der Waals surface area contributed by atoms with E-state index in [1.807, 2.05) is 6.92 Å². The number of carbonyl (C=O) groups is 1. The number of sulfonamides is 1. The van der Waals surface area contributed by atoms with Gasteiger partial charge in [0.1, 0.15) is 10.6 Å². The summed E-state index contributed by atoms with van der Waals surface area (Å²) in [4.78, 5) is 11.2. The summed E-state index contributed by atoms with van der Waals surface area (Å²) < 4.78 is 32.0. The van der Waals surface area contributed by atoms with Crippen LogP contribution in [0.25, 0.3) is 0 Å². The molecule has 1 fully saturated rings. The number of carboxylic acids is 1. The number of aliphatic hydroxyl groups is 1. The van der Waals surface area contributed by atoms with Gasteiger partial charge in [-0.25, -0.2) is 8.42 Å². The van der Waals surface area contributed by atoms with Crippen molar-refractivity contribution in [2.45, 2.75) is 31.3 Å². The minimum Gasteiger partial charge on any atom is -0.495 e. The zero-order valence-electron chi connectivity index (χ0n) is 13.3. The predicted molar refractivity (Wildman–Crippen MR) is 83.0 cm³/mol. The molecule has 7 nitrogen and oxygen atoms in total. The number of aryl methyl sites for hydroxylation is 2. The van der Waals surface area contributed by atoms with Crippen molar-refractivity contribution in [3.8, 4) is 5.75 Å². The van der Waals surface area contributed by atoms with Crippen LogP contribution in [0.4, 0.5) is 0 Å². The lowest BCUT2D eigenvalue weighted by molar-refractivity contribution is -0.147. The van der Waals surface area contributed by atoms with E-state index < -0.39 is 28.0 Å². The van der Waals surface area contributed by atoms with E-state index in [0.29, 0.717) is 0 Å². The number of ether oxygens (including phenoxy) is 1. The summed E-state index contributed by atoms with van der Waals surface area (Å²) in [6, 6.07) is 3.18. The third-order valence-electron chi connectivity index (χ3n) is 4.25. The van der Waals surface area contributed by atoms with Crippen LogP contribution in [0.5, 0.6) is 5.75 Å². The van der Waals surface area contributed by atoms with Crippen molar-refractivity contribution in [2.24, 2.45) is 5.92 Å². The lowest BCUT2D eigenvalue weighted by Gasteiger charge is -2.33. The van der Waals surface area contributed by atoms with Gasteiger partial charge < -0.3 is 14.9 Å². The quantitative estimate of drug-likeness (QED) is 0.837. The first-order valence-corrected chi connectivity index (χ1v) is 8.68. The third kappa shape index (κ3) is 3.34. The number of aliphatic hydroxyl groups excluding tert-OH is 1. The maximum absolute atomic E-state index is 12.9. The summed E-state index contributed by atoms with van der Waals surface area (Å²) in [6.07, 6.45) is -0.954. The average molecular weight is 343 g/mol. The fourth-order valence-corrected chi connectivity index (χ4v) is 4.34. The first kappa shape index (κ1) is 17.7. The Morgan fingerprint density at radius 2 is 1.91 bits per heavy atom. The van der Waals surface area contributed by atoms with E-state index in [-0.39, 0.29) is 30.2 Å². The number of hydrogen-bond acceptors (Lipinski definition) is 5. The standard InChI is InChI=1S/C15H21NO6S/c1-9-6-13(22-3)14(7-10(9)2)23(20,21)16-5-4-12(17)11(8-16)15(18)19/h6-7,11-12,17H,4-5,8H2,1-3H3,(H,18,19). The molecule has 1 aliphatic heterocycles. The molecule has 2 atom stereocenters. The van der Waals surface area contributed by atoms with E-state index in [1.54, 1.807) is 13.0 Å². The van der Waals surface area contributed by atoms with Crippen molar-refractivity contribution in [3.05, 3.63) is 23.3 Å². The van der Waals surface area contributed by atoms with E-state index in [9.17, 15) is 18.3 Å². The smallest absolute Gasteiger partial charge is 0.310 e. The van der Waals surface area contributed by atoms with Gasteiger partial charge >= 0.3 is 5.97 Å². The summed E-state index contributed by atoms with van der Waals surface area (Å²) in [7, 11) is -2.51. The number of piperidine rings is 1. The van der Waals surface area contributed by atoms with Crippen molar-refractivity contribution in [1.29, 1.82) is 0 Å². The molecule has 0 aliphatic carbocycles. The molecule has 23 heavy (non-hydrogen) atoms. The fraction of sp³-hybridized carbons (Fsp3) is 0.533. The van der Waals surface area contributed by atoms with E-state index in [4.69, 9.17) is 9.84 Å². The van der Waals surface area contributed by atoms with Crippen LogP contribution in [-0.2, 0) is 14.8 Å². The molecule has 1 heterocycles. The number of benzene rings is 1. The molecular weight excluding hydrogens is 322 g/mol. The number of rotatable bonds is 4. The minimum atomic E-state index is -3.90. The van der Waals surface area contributed by atoms with Gasteiger partial charge in [0.25, 0.3) is 0 Å². The largest absolute Gasteiger partial charge is 0.495 e. The minimum absolute atomic E-state index is 0.0172. The van der Waals surface area contributed by atoms with Crippen molar-refractivity contribution in [3.63, 3.8) is 0 Å². The zero-order chi connectivity index (χ0) is 17.4. The molecule has 128 valence electrons. The maximum Gasteiger partial charge on any atom is 0.310 e. The Balaban J connectivity index is 2.43. The lowest BCUT2D eigenvalue weighted by atomic mass is 9.96. The Morgan fingerprint density at radius 1 is 1.30 bits per heavy atom. The monoisotopic (exact) mass is 343 g/mol. The van der Waals surface area contributed by atoms with Crippen LogP contribution in [0.2, 0.25) is 0 Å². The summed E-state index contributed by atoms with van der Waals surface area (Å²) in [5.41, 5.74) is 1.70. The molecule has 0 aromatic heterocycles.